The highest BCUT2D eigenvalue weighted by atomic mass is 35.5. The molecule has 2 atom stereocenters. The average Bonchev–Trinajstić information content (AvgIpc) is 3.47. The van der Waals surface area contributed by atoms with E-state index in [0.29, 0.717) is 30.2 Å². The number of hydrogen-bond donors (Lipinski definition) is 1. The van der Waals surface area contributed by atoms with Crippen LogP contribution < -0.4 is 0 Å². The van der Waals surface area contributed by atoms with Gasteiger partial charge in [-0.1, -0.05) is 36.7 Å². The second kappa shape index (κ2) is 10.2. The van der Waals surface area contributed by atoms with Crippen molar-refractivity contribution < 1.29 is 19.0 Å². The molecule has 1 N–H and O–H groups in total. The smallest absolute Gasteiger partial charge is 0.335 e. The van der Waals surface area contributed by atoms with E-state index in [2.05, 4.69) is 20.1 Å². The van der Waals surface area contributed by atoms with E-state index in [4.69, 9.17) is 26.3 Å². The maximum Gasteiger partial charge on any atom is 0.335 e. The molecule has 0 unspecified atom stereocenters. The van der Waals surface area contributed by atoms with Gasteiger partial charge < -0.3 is 19.0 Å². The first-order chi connectivity index (χ1) is 19.9. The Morgan fingerprint density at radius 1 is 1.12 bits per heavy atom. The van der Waals surface area contributed by atoms with Crippen LogP contribution >= 0.6 is 11.6 Å². The fourth-order valence-electron chi connectivity index (χ4n) is 6.07. The van der Waals surface area contributed by atoms with Crippen molar-refractivity contribution in [3.8, 4) is 0 Å². The zero-order chi connectivity index (χ0) is 28.2. The summed E-state index contributed by atoms with van der Waals surface area (Å²) in [6.07, 6.45) is 1.09. The lowest BCUT2D eigenvalue weighted by Crippen LogP contribution is -2.35. The SMILES string of the molecule is C[C@H](c1ccc(Cl)cc1F)c1cccc2c1nc1n2CCN(Cc2nc3ccc(C(=O)O)cc3n2C[C@@H]2CCO2)C1. The molecule has 10 heteroatoms. The van der Waals surface area contributed by atoms with Gasteiger partial charge in [-0.3, -0.25) is 4.90 Å². The Hall–Kier alpha value is -3.79. The van der Waals surface area contributed by atoms with E-state index < -0.39 is 5.97 Å². The molecule has 0 amide bonds. The molecule has 1 saturated heterocycles. The number of carboxylic acids is 1. The van der Waals surface area contributed by atoms with Gasteiger partial charge in [0.15, 0.2) is 0 Å². The highest BCUT2D eigenvalue weighted by Crippen LogP contribution is 2.34. The minimum absolute atomic E-state index is 0.107. The number of ether oxygens (including phenoxy) is 1. The maximum absolute atomic E-state index is 14.8. The molecule has 41 heavy (non-hydrogen) atoms. The first kappa shape index (κ1) is 26.1. The summed E-state index contributed by atoms with van der Waals surface area (Å²) in [6.45, 7) is 6.22. The number of halogens is 2. The Kier molecular flexibility index (Phi) is 6.53. The molecule has 2 aromatic heterocycles. The van der Waals surface area contributed by atoms with E-state index in [0.717, 1.165) is 65.4 Å². The number of imidazole rings is 2. The van der Waals surface area contributed by atoms with Crippen LogP contribution in [0.15, 0.2) is 54.6 Å². The van der Waals surface area contributed by atoms with Crippen molar-refractivity contribution in [2.75, 3.05) is 13.2 Å². The summed E-state index contributed by atoms with van der Waals surface area (Å²) in [4.78, 5) is 23.9. The van der Waals surface area contributed by atoms with Crippen molar-refractivity contribution in [1.82, 2.24) is 24.0 Å². The topological polar surface area (TPSA) is 85.4 Å². The third-order valence-corrected chi connectivity index (χ3v) is 8.64. The minimum Gasteiger partial charge on any atom is -0.478 e. The van der Waals surface area contributed by atoms with Crippen LogP contribution in [0.4, 0.5) is 4.39 Å². The van der Waals surface area contributed by atoms with Crippen molar-refractivity contribution in [1.29, 1.82) is 0 Å². The van der Waals surface area contributed by atoms with Crippen LogP contribution in [0.5, 0.6) is 0 Å². The number of aromatic carboxylic acids is 1. The van der Waals surface area contributed by atoms with Gasteiger partial charge in [0.05, 0.1) is 53.4 Å². The van der Waals surface area contributed by atoms with Crippen LogP contribution in [0.2, 0.25) is 5.02 Å². The Balaban J connectivity index is 1.19. The van der Waals surface area contributed by atoms with E-state index in [1.807, 2.05) is 19.1 Å². The molecule has 0 radical (unpaired) electrons. The maximum atomic E-state index is 14.8. The number of carboxylic acid groups (broad SMARTS) is 1. The molecule has 0 spiro atoms. The molecule has 5 aromatic rings. The fourth-order valence-corrected chi connectivity index (χ4v) is 6.23. The highest BCUT2D eigenvalue weighted by Gasteiger charge is 2.27. The van der Waals surface area contributed by atoms with Crippen LogP contribution in [0, 0.1) is 5.82 Å². The zero-order valence-electron chi connectivity index (χ0n) is 22.6. The second-order valence-electron chi connectivity index (χ2n) is 10.9. The third kappa shape index (κ3) is 4.67. The predicted molar refractivity (Wildman–Crippen MR) is 154 cm³/mol. The van der Waals surface area contributed by atoms with Gasteiger partial charge in [0.2, 0.25) is 0 Å². The van der Waals surface area contributed by atoms with Crippen molar-refractivity contribution in [2.24, 2.45) is 0 Å². The first-order valence-corrected chi connectivity index (χ1v) is 14.2. The Morgan fingerprint density at radius 3 is 2.73 bits per heavy atom. The number of fused-ring (bicyclic) bond motifs is 4. The molecule has 2 aliphatic rings. The molecule has 7 rings (SSSR count). The standard InChI is InChI=1S/C31H29ClFN5O3/c1-18(22-7-6-20(32)14-24(22)33)23-3-2-4-26-30(23)35-29-17-36(10-11-37(26)29)16-28-34-25-8-5-19(31(39)40)13-27(25)38(28)15-21-9-12-41-21/h2-8,13-14,18,21H,9-12,15-17H2,1H3,(H,39,40)/t18-,21+/m1/s1. The largest absolute Gasteiger partial charge is 0.478 e. The molecular weight excluding hydrogens is 545 g/mol. The number of aromatic nitrogens is 4. The molecule has 2 aliphatic heterocycles. The van der Waals surface area contributed by atoms with Crippen molar-refractivity contribution >= 4 is 39.6 Å². The summed E-state index contributed by atoms with van der Waals surface area (Å²) in [5.74, 6) is 0.385. The van der Waals surface area contributed by atoms with Gasteiger partial charge in [-0.25, -0.2) is 19.2 Å². The fraction of sp³-hybridized carbons (Fsp3) is 0.323. The molecule has 0 saturated carbocycles. The normalized spacial score (nSPS) is 18.0. The van der Waals surface area contributed by atoms with Crippen LogP contribution in [0.1, 0.15) is 52.4 Å². The summed E-state index contributed by atoms with van der Waals surface area (Å²) in [7, 11) is 0. The lowest BCUT2D eigenvalue weighted by molar-refractivity contribution is -0.0592. The molecule has 3 aromatic carbocycles. The second-order valence-corrected chi connectivity index (χ2v) is 11.4. The Labute approximate surface area is 240 Å². The van der Waals surface area contributed by atoms with Gasteiger partial charge in [-0.15, -0.1) is 0 Å². The van der Waals surface area contributed by atoms with Crippen molar-refractivity contribution in [3.05, 3.63) is 93.8 Å². The highest BCUT2D eigenvalue weighted by molar-refractivity contribution is 6.30. The van der Waals surface area contributed by atoms with E-state index in [1.54, 1.807) is 30.3 Å². The van der Waals surface area contributed by atoms with E-state index >= 15 is 0 Å². The van der Waals surface area contributed by atoms with Gasteiger partial charge in [-0.2, -0.15) is 0 Å². The molecule has 0 aliphatic carbocycles. The minimum atomic E-state index is -0.955. The van der Waals surface area contributed by atoms with Crippen LogP contribution in [0.3, 0.4) is 0 Å². The molecule has 210 valence electrons. The number of hydrogen-bond acceptors (Lipinski definition) is 5. The third-order valence-electron chi connectivity index (χ3n) is 8.41. The van der Waals surface area contributed by atoms with Gasteiger partial charge in [0.25, 0.3) is 0 Å². The molecule has 1 fully saturated rings. The number of nitrogens with zero attached hydrogens (tertiary/aromatic N) is 5. The number of rotatable bonds is 7. The van der Waals surface area contributed by atoms with Gasteiger partial charge in [-0.05, 0) is 53.9 Å². The molecule has 4 heterocycles. The van der Waals surface area contributed by atoms with E-state index in [9.17, 15) is 14.3 Å². The molecule has 0 bridgehead atoms. The van der Waals surface area contributed by atoms with E-state index in [1.165, 1.54) is 6.07 Å². The summed E-state index contributed by atoms with van der Waals surface area (Å²) in [5.41, 5.74) is 5.35. The summed E-state index contributed by atoms with van der Waals surface area (Å²) < 4.78 is 24.9. The van der Waals surface area contributed by atoms with Crippen LogP contribution in [-0.4, -0.2) is 54.3 Å². The van der Waals surface area contributed by atoms with Crippen LogP contribution in [-0.2, 0) is 30.9 Å². The summed E-state index contributed by atoms with van der Waals surface area (Å²) in [5, 5.41) is 9.92. The van der Waals surface area contributed by atoms with Crippen molar-refractivity contribution in [2.45, 2.75) is 51.5 Å². The molecular formula is C31H29ClFN5O3. The quantitative estimate of drug-likeness (QED) is 0.264. The van der Waals surface area contributed by atoms with Crippen molar-refractivity contribution in [3.63, 3.8) is 0 Å². The lowest BCUT2D eigenvalue weighted by atomic mass is 9.92. The van der Waals surface area contributed by atoms with Crippen LogP contribution in [0.25, 0.3) is 22.1 Å². The lowest BCUT2D eigenvalue weighted by Gasteiger charge is -2.30. The zero-order valence-corrected chi connectivity index (χ0v) is 23.3. The Bertz CT molecular complexity index is 1810. The molecule has 8 nitrogen and oxygen atoms in total. The number of para-hydroxylation sites is 1. The average molecular weight is 574 g/mol. The van der Waals surface area contributed by atoms with Gasteiger partial charge in [0, 0.05) is 30.6 Å². The Morgan fingerprint density at radius 2 is 1.98 bits per heavy atom. The first-order valence-electron chi connectivity index (χ1n) is 13.8. The summed E-state index contributed by atoms with van der Waals surface area (Å²) in [6, 6.07) is 16.0. The summed E-state index contributed by atoms with van der Waals surface area (Å²) >= 11 is 5.99. The number of carbonyl (C=O) groups is 1. The van der Waals surface area contributed by atoms with Gasteiger partial charge >= 0.3 is 5.97 Å². The predicted octanol–water partition coefficient (Wildman–Crippen LogP) is 5.83. The number of benzene rings is 3. The monoisotopic (exact) mass is 573 g/mol. The van der Waals surface area contributed by atoms with E-state index in [-0.39, 0.29) is 23.4 Å². The van der Waals surface area contributed by atoms with Gasteiger partial charge in [0.1, 0.15) is 17.5 Å².